The second kappa shape index (κ2) is 9.09. The molecule has 0 aliphatic heterocycles. The largest absolute Gasteiger partial charge is 0.383 e. The predicted octanol–water partition coefficient (Wildman–Crippen LogP) is 4.10. The van der Waals surface area contributed by atoms with Crippen LogP contribution in [0.25, 0.3) is 21.8 Å². The van der Waals surface area contributed by atoms with E-state index in [2.05, 4.69) is 16.7 Å². The van der Waals surface area contributed by atoms with Gasteiger partial charge in [-0.15, -0.1) is 0 Å². The molecule has 9 heteroatoms. The van der Waals surface area contributed by atoms with Gasteiger partial charge in [0, 0.05) is 42.0 Å². The fourth-order valence-electron chi connectivity index (χ4n) is 3.02. The number of hydrogen-bond acceptors (Lipinski definition) is 5. The number of aryl methyl sites for hydroxylation is 1. The SMILES string of the molecule is Cc1ccc2nc3cc(Cl)ccc3c(NCCC(=O)NCCOP(C)(=O)O)c2c1. The van der Waals surface area contributed by atoms with Crippen LogP contribution in [0.5, 0.6) is 0 Å². The van der Waals surface area contributed by atoms with Crippen molar-refractivity contribution in [3.05, 3.63) is 47.0 Å². The molecule has 0 fully saturated rings. The van der Waals surface area contributed by atoms with Gasteiger partial charge in [0.25, 0.3) is 0 Å². The summed E-state index contributed by atoms with van der Waals surface area (Å²) in [6, 6.07) is 11.6. The van der Waals surface area contributed by atoms with Gasteiger partial charge in [0.1, 0.15) is 0 Å². The van der Waals surface area contributed by atoms with Crippen LogP contribution in [-0.4, -0.2) is 42.1 Å². The lowest BCUT2D eigenvalue weighted by Crippen LogP contribution is -2.28. The second-order valence-electron chi connectivity index (χ2n) is 6.83. The van der Waals surface area contributed by atoms with Crippen LogP contribution in [0.15, 0.2) is 36.4 Å². The normalized spacial score (nSPS) is 13.4. The second-order valence-corrected chi connectivity index (χ2v) is 9.13. The number of benzene rings is 2. The van der Waals surface area contributed by atoms with Crippen LogP contribution in [0.2, 0.25) is 5.02 Å². The number of hydrogen-bond donors (Lipinski definition) is 3. The van der Waals surface area contributed by atoms with E-state index in [-0.39, 0.29) is 25.5 Å². The Balaban J connectivity index is 1.71. The number of nitrogens with zero attached hydrogens (tertiary/aromatic N) is 1. The van der Waals surface area contributed by atoms with E-state index < -0.39 is 7.60 Å². The molecule has 1 atom stereocenters. The van der Waals surface area contributed by atoms with E-state index in [1.54, 1.807) is 0 Å². The van der Waals surface area contributed by atoms with Gasteiger partial charge in [0.2, 0.25) is 5.91 Å². The van der Waals surface area contributed by atoms with E-state index in [1.807, 2.05) is 37.3 Å². The third-order valence-corrected chi connectivity index (χ3v) is 5.20. The summed E-state index contributed by atoms with van der Waals surface area (Å²) in [6.07, 6.45) is 0.244. The molecule has 0 saturated heterocycles. The van der Waals surface area contributed by atoms with Gasteiger partial charge in [0.05, 0.1) is 23.3 Å². The Labute approximate surface area is 174 Å². The van der Waals surface area contributed by atoms with Crippen molar-refractivity contribution in [2.75, 3.05) is 31.7 Å². The molecule has 0 aliphatic carbocycles. The smallest absolute Gasteiger partial charge is 0.325 e. The highest BCUT2D eigenvalue weighted by molar-refractivity contribution is 7.51. The van der Waals surface area contributed by atoms with Crippen molar-refractivity contribution in [2.45, 2.75) is 13.3 Å². The fourth-order valence-corrected chi connectivity index (χ4v) is 3.61. The molecule has 1 amide bonds. The van der Waals surface area contributed by atoms with Gasteiger partial charge in [-0.2, -0.15) is 0 Å². The van der Waals surface area contributed by atoms with E-state index >= 15 is 0 Å². The highest BCUT2D eigenvalue weighted by atomic mass is 35.5. The molecule has 0 saturated carbocycles. The molecule has 0 aliphatic rings. The molecule has 0 radical (unpaired) electrons. The maximum atomic E-state index is 12.0. The molecule has 29 heavy (non-hydrogen) atoms. The van der Waals surface area contributed by atoms with Gasteiger partial charge in [-0.05, 0) is 37.3 Å². The quantitative estimate of drug-likeness (QED) is 0.280. The van der Waals surface area contributed by atoms with E-state index in [4.69, 9.17) is 26.0 Å². The zero-order valence-corrected chi connectivity index (χ0v) is 17.9. The number of amides is 1. The first-order valence-corrected chi connectivity index (χ1v) is 11.6. The minimum Gasteiger partial charge on any atom is -0.383 e. The molecule has 3 N–H and O–H groups in total. The Bertz CT molecular complexity index is 1100. The molecule has 7 nitrogen and oxygen atoms in total. The average Bonchev–Trinajstić information content (AvgIpc) is 2.64. The number of carbonyl (C=O) groups excluding carboxylic acids is 1. The number of nitrogens with one attached hydrogen (secondary N) is 2. The molecule has 3 aromatic rings. The van der Waals surface area contributed by atoms with Gasteiger partial charge < -0.3 is 20.1 Å². The van der Waals surface area contributed by atoms with Crippen LogP contribution < -0.4 is 10.6 Å². The first-order chi connectivity index (χ1) is 13.7. The zero-order valence-electron chi connectivity index (χ0n) is 16.2. The summed E-state index contributed by atoms with van der Waals surface area (Å²) in [5, 5.41) is 8.56. The average molecular weight is 436 g/mol. The van der Waals surface area contributed by atoms with Gasteiger partial charge in [-0.1, -0.05) is 23.2 Å². The van der Waals surface area contributed by atoms with Crippen LogP contribution in [0.1, 0.15) is 12.0 Å². The first kappa shape index (κ1) is 21.5. The number of rotatable bonds is 8. The number of fused-ring (bicyclic) bond motifs is 2. The van der Waals surface area contributed by atoms with Gasteiger partial charge in [-0.25, -0.2) is 4.98 Å². The van der Waals surface area contributed by atoms with E-state index in [1.165, 1.54) is 0 Å². The molecule has 1 unspecified atom stereocenters. The third-order valence-electron chi connectivity index (χ3n) is 4.30. The van der Waals surface area contributed by atoms with Crippen LogP contribution >= 0.6 is 19.2 Å². The minimum absolute atomic E-state index is 0.0108. The standard InChI is InChI=1S/C20H23ClN3O4P/c1-13-3-6-17-16(11-13)20(15-5-4-14(21)12-18(15)24-17)23-8-7-19(25)22-9-10-28-29(2,26)27/h3-6,11-12H,7-10H2,1-2H3,(H,22,25)(H,23,24)(H,26,27). The van der Waals surface area contributed by atoms with Crippen molar-refractivity contribution in [2.24, 2.45) is 0 Å². The number of pyridine rings is 1. The van der Waals surface area contributed by atoms with Crippen molar-refractivity contribution in [1.29, 1.82) is 0 Å². The van der Waals surface area contributed by atoms with E-state index in [9.17, 15) is 9.36 Å². The predicted molar refractivity (Wildman–Crippen MR) is 117 cm³/mol. The topological polar surface area (TPSA) is 101 Å². The summed E-state index contributed by atoms with van der Waals surface area (Å²) in [7, 11) is -3.52. The minimum atomic E-state index is -3.52. The van der Waals surface area contributed by atoms with Crippen molar-refractivity contribution in [3.8, 4) is 0 Å². The van der Waals surface area contributed by atoms with Gasteiger partial charge in [0.15, 0.2) is 0 Å². The molecule has 2 aromatic carbocycles. The Morgan fingerprint density at radius 3 is 2.72 bits per heavy atom. The van der Waals surface area contributed by atoms with Gasteiger partial charge >= 0.3 is 7.60 Å². The number of halogens is 1. The fraction of sp³-hybridized carbons (Fsp3) is 0.300. The van der Waals surface area contributed by atoms with Crippen LogP contribution in [0.4, 0.5) is 5.69 Å². The molecule has 1 aromatic heterocycles. The number of anilines is 1. The molecule has 154 valence electrons. The number of aromatic nitrogens is 1. The molecule has 0 spiro atoms. The molecule has 1 heterocycles. The summed E-state index contributed by atoms with van der Waals surface area (Å²) in [5.41, 5.74) is 3.66. The summed E-state index contributed by atoms with van der Waals surface area (Å²) >= 11 is 6.13. The van der Waals surface area contributed by atoms with Crippen molar-refractivity contribution >= 4 is 52.6 Å². The Hall–Kier alpha value is -2.18. The van der Waals surface area contributed by atoms with Crippen molar-refractivity contribution in [1.82, 2.24) is 10.3 Å². The number of carbonyl (C=O) groups is 1. The Morgan fingerprint density at radius 1 is 1.17 bits per heavy atom. The summed E-state index contributed by atoms with van der Waals surface area (Å²) in [4.78, 5) is 25.8. The van der Waals surface area contributed by atoms with Crippen LogP contribution in [-0.2, 0) is 13.9 Å². The first-order valence-electron chi connectivity index (χ1n) is 9.18. The maximum absolute atomic E-state index is 12.0. The summed E-state index contributed by atoms with van der Waals surface area (Å²) < 4.78 is 15.8. The van der Waals surface area contributed by atoms with Crippen LogP contribution in [0.3, 0.4) is 0 Å². The molecular weight excluding hydrogens is 413 g/mol. The summed E-state index contributed by atoms with van der Waals surface area (Å²) in [5.74, 6) is -0.174. The van der Waals surface area contributed by atoms with Crippen LogP contribution in [0, 0.1) is 6.92 Å². The van der Waals surface area contributed by atoms with E-state index in [0.29, 0.717) is 11.6 Å². The Morgan fingerprint density at radius 2 is 1.97 bits per heavy atom. The third kappa shape index (κ3) is 5.90. The lowest BCUT2D eigenvalue weighted by atomic mass is 10.1. The monoisotopic (exact) mass is 435 g/mol. The highest BCUT2D eigenvalue weighted by Crippen LogP contribution is 2.36. The maximum Gasteiger partial charge on any atom is 0.325 e. The van der Waals surface area contributed by atoms with E-state index in [0.717, 1.165) is 39.7 Å². The van der Waals surface area contributed by atoms with Crippen molar-refractivity contribution < 1.29 is 18.8 Å². The molecular formula is C20H23ClN3O4P. The lowest BCUT2D eigenvalue weighted by Gasteiger charge is -2.14. The summed E-state index contributed by atoms with van der Waals surface area (Å²) in [6.45, 7) is 3.71. The van der Waals surface area contributed by atoms with Gasteiger partial charge in [-0.3, -0.25) is 9.36 Å². The Kier molecular flexibility index (Phi) is 6.75. The van der Waals surface area contributed by atoms with Crippen molar-refractivity contribution in [3.63, 3.8) is 0 Å². The lowest BCUT2D eigenvalue weighted by molar-refractivity contribution is -0.120. The zero-order chi connectivity index (χ0) is 21.0. The molecule has 3 rings (SSSR count). The highest BCUT2D eigenvalue weighted by Gasteiger charge is 2.12. The molecule has 0 bridgehead atoms.